The summed E-state index contributed by atoms with van der Waals surface area (Å²) in [5, 5.41) is 7.11. The number of halogens is 1. The van der Waals surface area contributed by atoms with Crippen molar-refractivity contribution in [1.82, 2.24) is 9.99 Å². The van der Waals surface area contributed by atoms with Crippen LogP contribution in [-0.4, -0.2) is 41.5 Å². The molecule has 3 aromatic rings. The zero-order valence-electron chi connectivity index (χ0n) is 18.5. The Hall–Kier alpha value is -3.79. The highest BCUT2D eigenvalue weighted by atomic mass is 35.5. The molecule has 34 heavy (non-hydrogen) atoms. The molecule has 2 unspecified atom stereocenters. The van der Waals surface area contributed by atoms with E-state index in [9.17, 15) is 9.59 Å². The zero-order valence-corrected chi connectivity index (χ0v) is 19.3. The third kappa shape index (κ3) is 4.91. The second-order valence-electron chi connectivity index (χ2n) is 7.59. The first-order valence-electron chi connectivity index (χ1n) is 10.4. The maximum atomic E-state index is 13.0. The number of nitrogens with one attached hydrogen (secondary N) is 2. The van der Waals surface area contributed by atoms with Crippen LogP contribution in [-0.2, 0) is 4.74 Å². The number of pyridine rings is 1. The molecule has 0 saturated heterocycles. The number of carbonyl (C=O) groups is 2. The highest BCUT2D eigenvalue weighted by Crippen LogP contribution is 2.26. The Labute approximate surface area is 201 Å². The summed E-state index contributed by atoms with van der Waals surface area (Å²) >= 11 is 6.29. The predicted octanol–water partition coefficient (Wildman–Crippen LogP) is 3.84. The molecule has 0 bridgehead atoms. The molecule has 0 spiro atoms. The molecule has 2 atom stereocenters. The number of hydrogen-bond acceptors (Lipinski definition) is 7. The topological polar surface area (TPSA) is 122 Å². The van der Waals surface area contributed by atoms with Gasteiger partial charge in [0.15, 0.2) is 0 Å². The van der Waals surface area contributed by atoms with E-state index >= 15 is 0 Å². The lowest BCUT2D eigenvalue weighted by atomic mass is 10.1. The van der Waals surface area contributed by atoms with Crippen molar-refractivity contribution in [2.75, 3.05) is 17.7 Å². The van der Waals surface area contributed by atoms with Crippen molar-refractivity contribution in [3.8, 4) is 0 Å². The maximum Gasteiger partial charge on any atom is 0.274 e. The van der Waals surface area contributed by atoms with Crippen molar-refractivity contribution in [2.45, 2.75) is 19.3 Å². The molecule has 9 nitrogen and oxygen atoms in total. The van der Waals surface area contributed by atoms with E-state index in [2.05, 4.69) is 20.6 Å². The van der Waals surface area contributed by atoms with Crippen LogP contribution < -0.4 is 16.5 Å². The average Bonchev–Trinajstić information content (AvgIpc) is 2.88. The number of rotatable bonds is 6. The number of nitrogens with two attached hydrogens (primary N) is 1. The van der Waals surface area contributed by atoms with Crippen molar-refractivity contribution < 1.29 is 14.3 Å². The minimum atomic E-state index is -0.576. The Kier molecular flexibility index (Phi) is 6.87. The molecule has 1 aromatic heterocycles. The molecule has 0 aliphatic carbocycles. The summed E-state index contributed by atoms with van der Waals surface area (Å²) in [4.78, 5) is 34.4. The normalized spacial score (nSPS) is 15.1. The van der Waals surface area contributed by atoms with Gasteiger partial charge in [-0.15, -0.1) is 0 Å². The van der Waals surface area contributed by atoms with Gasteiger partial charge in [0.1, 0.15) is 11.5 Å². The maximum absolute atomic E-state index is 13.0. The Balaban J connectivity index is 1.52. The number of aromatic nitrogens is 1. The number of hydrazine groups is 1. The summed E-state index contributed by atoms with van der Waals surface area (Å²) in [6.45, 7) is 1.83. The van der Waals surface area contributed by atoms with Gasteiger partial charge >= 0.3 is 0 Å². The first-order valence-corrected chi connectivity index (χ1v) is 10.8. The Morgan fingerprint density at radius 1 is 1.18 bits per heavy atom. The first kappa shape index (κ1) is 23.4. The summed E-state index contributed by atoms with van der Waals surface area (Å²) in [6.07, 6.45) is 1.04. The van der Waals surface area contributed by atoms with Gasteiger partial charge in [0.25, 0.3) is 11.8 Å². The molecule has 1 aliphatic rings. The van der Waals surface area contributed by atoms with Crippen LogP contribution in [0.4, 0.5) is 11.5 Å². The largest absolute Gasteiger partial charge is 0.343 e. The van der Waals surface area contributed by atoms with Crippen LogP contribution in [0.2, 0.25) is 5.02 Å². The molecule has 0 fully saturated rings. The first-order chi connectivity index (χ1) is 16.4. The second-order valence-corrected chi connectivity index (χ2v) is 8.00. The molecule has 174 valence electrons. The zero-order chi connectivity index (χ0) is 24.2. The molecule has 4 rings (SSSR count). The number of benzene rings is 2. The molecule has 0 radical (unpaired) electrons. The average molecular weight is 479 g/mol. The van der Waals surface area contributed by atoms with Gasteiger partial charge in [-0.25, -0.2) is 15.8 Å². The molecular formula is C24H23ClN6O3. The number of aliphatic imine (C=N–C) groups is 1. The number of ether oxygens (including phenoxy) is 1. The highest BCUT2D eigenvalue weighted by molar-refractivity contribution is 6.34. The van der Waals surface area contributed by atoms with Gasteiger partial charge in [-0.3, -0.25) is 14.6 Å². The van der Waals surface area contributed by atoms with Gasteiger partial charge in [-0.2, -0.15) is 0 Å². The number of hydrogen-bond donors (Lipinski definition) is 3. The van der Waals surface area contributed by atoms with Crippen molar-refractivity contribution in [3.63, 3.8) is 0 Å². The van der Waals surface area contributed by atoms with Crippen LogP contribution in [0, 0.1) is 0 Å². The summed E-state index contributed by atoms with van der Waals surface area (Å²) in [5.41, 5.74) is 2.33. The summed E-state index contributed by atoms with van der Waals surface area (Å²) < 4.78 is 5.15. The third-order valence-electron chi connectivity index (χ3n) is 5.39. The monoisotopic (exact) mass is 478 g/mol. The van der Waals surface area contributed by atoms with Crippen molar-refractivity contribution in [2.24, 2.45) is 10.8 Å². The minimum absolute atomic E-state index is 0.155. The molecule has 2 heterocycles. The van der Waals surface area contributed by atoms with E-state index in [-0.39, 0.29) is 28.0 Å². The van der Waals surface area contributed by atoms with Crippen molar-refractivity contribution in [3.05, 3.63) is 88.1 Å². The van der Waals surface area contributed by atoms with Crippen LogP contribution in [0.25, 0.3) is 0 Å². The van der Waals surface area contributed by atoms with E-state index in [1.54, 1.807) is 24.4 Å². The fourth-order valence-corrected chi connectivity index (χ4v) is 3.56. The summed E-state index contributed by atoms with van der Waals surface area (Å²) in [6, 6.07) is 17.0. The van der Waals surface area contributed by atoms with Gasteiger partial charge in [-0.1, -0.05) is 41.9 Å². The number of anilines is 2. The fraction of sp³-hybridized carbons (Fsp3) is 0.167. The number of methoxy groups -OCH3 is 1. The number of carbonyl (C=O) groups excluding carboxylic acids is 2. The molecule has 4 N–H and O–H groups in total. The Morgan fingerprint density at radius 3 is 2.68 bits per heavy atom. The Morgan fingerprint density at radius 2 is 1.94 bits per heavy atom. The van der Waals surface area contributed by atoms with Crippen LogP contribution in [0.1, 0.15) is 44.9 Å². The lowest BCUT2D eigenvalue weighted by molar-refractivity contribution is 0.0690. The van der Waals surface area contributed by atoms with E-state index in [1.165, 1.54) is 19.2 Å². The van der Waals surface area contributed by atoms with E-state index in [0.717, 1.165) is 16.1 Å². The van der Waals surface area contributed by atoms with Crippen molar-refractivity contribution in [1.29, 1.82) is 0 Å². The van der Waals surface area contributed by atoms with E-state index in [1.807, 2.05) is 37.3 Å². The number of nitrogens with zero attached hydrogens (tertiary/aromatic N) is 3. The molecule has 1 aliphatic heterocycles. The van der Waals surface area contributed by atoms with Crippen LogP contribution >= 0.6 is 11.6 Å². The standard InChI is InChI=1S/C24H23ClN6O3/c1-14(15-6-4-3-5-7-15)31(26)23(33)16-8-10-18(25)20(12-16)29-22(32)19-11-9-17-13-27-24(34-2)30-21(17)28-19/h3-14,24H,26H2,1-2H3,(H,28,30)(H,29,32). The molecule has 10 heteroatoms. The van der Waals surface area contributed by atoms with Gasteiger partial charge in [-0.05, 0) is 42.8 Å². The highest BCUT2D eigenvalue weighted by Gasteiger charge is 2.22. The minimum Gasteiger partial charge on any atom is -0.343 e. The number of amides is 2. The second kappa shape index (κ2) is 10.0. The smallest absolute Gasteiger partial charge is 0.274 e. The molecule has 2 aromatic carbocycles. The van der Waals surface area contributed by atoms with Gasteiger partial charge in [0.05, 0.1) is 16.8 Å². The van der Waals surface area contributed by atoms with E-state index in [0.29, 0.717) is 5.82 Å². The fourth-order valence-electron chi connectivity index (χ4n) is 3.40. The molecular weight excluding hydrogens is 456 g/mol. The summed E-state index contributed by atoms with van der Waals surface area (Å²) in [7, 11) is 1.51. The third-order valence-corrected chi connectivity index (χ3v) is 5.72. The van der Waals surface area contributed by atoms with Gasteiger partial charge in [0, 0.05) is 24.5 Å². The van der Waals surface area contributed by atoms with Gasteiger partial charge in [0.2, 0.25) is 6.35 Å². The SMILES string of the molecule is COC1N=Cc2ccc(C(=O)Nc3cc(C(=O)N(N)C(C)c4ccccc4)ccc3Cl)nc2N1. The van der Waals surface area contributed by atoms with E-state index in [4.69, 9.17) is 22.2 Å². The lowest BCUT2D eigenvalue weighted by Gasteiger charge is -2.25. The van der Waals surface area contributed by atoms with Crippen LogP contribution in [0.15, 0.2) is 65.7 Å². The van der Waals surface area contributed by atoms with Crippen LogP contribution in [0.3, 0.4) is 0 Å². The summed E-state index contributed by atoms with van der Waals surface area (Å²) in [5.74, 6) is 5.69. The van der Waals surface area contributed by atoms with Crippen LogP contribution in [0.5, 0.6) is 0 Å². The Bertz CT molecular complexity index is 1250. The molecule has 0 saturated carbocycles. The van der Waals surface area contributed by atoms with E-state index < -0.39 is 18.2 Å². The quantitative estimate of drug-likeness (QED) is 0.281. The number of fused-ring (bicyclic) bond motifs is 1. The van der Waals surface area contributed by atoms with Crippen molar-refractivity contribution >= 4 is 41.1 Å². The lowest BCUT2D eigenvalue weighted by Crippen LogP contribution is -2.39. The predicted molar refractivity (Wildman–Crippen MR) is 131 cm³/mol. The van der Waals surface area contributed by atoms with Gasteiger partial charge < -0.3 is 15.4 Å². The molecule has 2 amide bonds.